The largest absolute Gasteiger partial charge is 2.00 e. The monoisotopic (exact) mass is 494 g/mol. The molecule has 0 aromatic rings. The average Bonchev–Trinajstić information content (AvgIpc) is 1.41. The molecule has 0 aliphatic rings. The molecule has 17 heteroatoms. The van der Waals surface area contributed by atoms with Crippen molar-refractivity contribution in [3.05, 3.63) is 0 Å². The zero-order chi connectivity index (χ0) is 13.5. The Morgan fingerprint density at radius 1 is 0.412 bits per heavy atom. The Kier molecular flexibility index (Phi) is 21.5. The van der Waals surface area contributed by atoms with Crippen LogP contribution in [0.5, 0.6) is 0 Å². The van der Waals surface area contributed by atoms with Gasteiger partial charge in [-0.05, 0) is 0 Å². The molecule has 0 aliphatic heterocycles. The summed E-state index contributed by atoms with van der Waals surface area (Å²) in [6, 6.07) is 0. The van der Waals surface area contributed by atoms with Gasteiger partial charge in [0.15, 0.2) is 0 Å². The van der Waals surface area contributed by atoms with Crippen molar-refractivity contribution in [2.75, 3.05) is 0 Å². The van der Waals surface area contributed by atoms with E-state index in [4.69, 9.17) is 52.6 Å². The smallest absolute Gasteiger partial charge is 0.759 e. The first-order chi connectivity index (χ1) is 6.00. The van der Waals surface area contributed by atoms with Gasteiger partial charge in [0.05, 0.1) is 0 Å². The van der Waals surface area contributed by atoms with Crippen LogP contribution in [0.3, 0.4) is 0 Å². The molecule has 0 spiro atoms. The molecule has 12 nitrogen and oxygen atoms in total. The second-order valence-electron chi connectivity index (χ2n) is 1.22. The van der Waals surface area contributed by atoms with E-state index in [-0.39, 0.29) is 39.0 Å². The molecule has 2 radical (unpaired) electrons. The zero-order valence-corrected chi connectivity index (χ0v) is 12.5. The van der Waals surface area contributed by atoms with E-state index in [1.54, 1.807) is 0 Å². The molecule has 0 rings (SSSR count). The first-order valence-corrected chi connectivity index (χ1v) is 6.00. The SMILES string of the molecule is O=S(=O)([O-])[O-].O=S(=O)([O-])[O-].O=S(=O)([O-])[O-].[Rh+2].[Rh+2]. The molecule has 0 aromatic heterocycles. The summed E-state index contributed by atoms with van der Waals surface area (Å²) in [6.07, 6.45) is 0. The van der Waals surface area contributed by atoms with Gasteiger partial charge in [-0.1, -0.05) is 0 Å². The summed E-state index contributed by atoms with van der Waals surface area (Å²) in [5.41, 5.74) is 0. The van der Waals surface area contributed by atoms with Crippen LogP contribution in [0.4, 0.5) is 0 Å². The van der Waals surface area contributed by atoms with Gasteiger partial charge in [0, 0.05) is 31.2 Å². The van der Waals surface area contributed by atoms with Gasteiger partial charge in [0.2, 0.25) is 0 Å². The van der Waals surface area contributed by atoms with Crippen LogP contribution in [0.2, 0.25) is 0 Å². The fourth-order valence-corrected chi connectivity index (χ4v) is 0. The standard InChI is InChI=1S/3H2O4S.2Rh/c3*1-5(2,3)4;;/h3*(H2,1,2,3,4);;/q;;;2*+2/p-6. The van der Waals surface area contributed by atoms with Crippen molar-refractivity contribution < 1.29 is 91.5 Å². The molecule has 0 amide bonds. The summed E-state index contributed by atoms with van der Waals surface area (Å²) in [7, 11) is -15.5. The van der Waals surface area contributed by atoms with Gasteiger partial charge in [-0.2, -0.15) is 0 Å². The Labute approximate surface area is 122 Å². The Bertz CT molecular complexity index is 341. The van der Waals surface area contributed by atoms with Gasteiger partial charge < -0.3 is 27.3 Å². The van der Waals surface area contributed by atoms with Gasteiger partial charge in [0.25, 0.3) is 0 Å². The molecule has 0 fully saturated rings. The van der Waals surface area contributed by atoms with E-state index in [0.717, 1.165) is 0 Å². The molecule has 0 bridgehead atoms. The fourth-order valence-electron chi connectivity index (χ4n) is 0. The van der Waals surface area contributed by atoms with E-state index < -0.39 is 31.2 Å². The molecular weight excluding hydrogens is 494 g/mol. The van der Waals surface area contributed by atoms with E-state index in [1.807, 2.05) is 0 Å². The molecule has 17 heavy (non-hydrogen) atoms. The van der Waals surface area contributed by atoms with E-state index in [0.29, 0.717) is 0 Å². The molecule has 0 heterocycles. The molecule has 0 unspecified atom stereocenters. The molecule has 0 aromatic carbocycles. The normalized spacial score (nSPS) is 10.2. The third-order valence-electron chi connectivity index (χ3n) is 0. The van der Waals surface area contributed by atoms with Crippen LogP contribution >= 0.6 is 0 Å². The van der Waals surface area contributed by atoms with Gasteiger partial charge in [-0.15, -0.1) is 0 Å². The number of hydrogen-bond donors (Lipinski definition) is 0. The Hall–Kier alpha value is 0.857. The van der Waals surface area contributed by atoms with Crippen LogP contribution in [-0.4, -0.2) is 52.6 Å². The van der Waals surface area contributed by atoms with Crippen LogP contribution in [0.1, 0.15) is 0 Å². The average molecular weight is 494 g/mol. The van der Waals surface area contributed by atoms with Gasteiger partial charge in [-0.25, -0.2) is 0 Å². The summed E-state index contributed by atoms with van der Waals surface area (Å²) in [5.74, 6) is 0. The molecule has 0 aliphatic carbocycles. The Morgan fingerprint density at radius 3 is 0.412 bits per heavy atom. The van der Waals surface area contributed by atoms with Crippen molar-refractivity contribution in [2.24, 2.45) is 0 Å². The molecule has 0 saturated heterocycles. The van der Waals surface area contributed by atoms with Crippen molar-refractivity contribution in [3.63, 3.8) is 0 Å². The van der Waals surface area contributed by atoms with Crippen LogP contribution in [0.15, 0.2) is 0 Å². The third-order valence-corrected chi connectivity index (χ3v) is 0. The summed E-state index contributed by atoms with van der Waals surface area (Å²) >= 11 is 0. The maximum absolute atomic E-state index is 8.52. The Morgan fingerprint density at radius 2 is 0.412 bits per heavy atom. The van der Waals surface area contributed by atoms with Crippen molar-refractivity contribution in [2.45, 2.75) is 0 Å². The number of rotatable bonds is 0. The van der Waals surface area contributed by atoms with Crippen molar-refractivity contribution in [3.8, 4) is 0 Å². The van der Waals surface area contributed by atoms with Gasteiger partial charge in [-0.3, -0.25) is 25.3 Å². The van der Waals surface area contributed by atoms with Gasteiger partial charge >= 0.3 is 39.0 Å². The molecule has 110 valence electrons. The van der Waals surface area contributed by atoms with Crippen molar-refractivity contribution >= 4 is 31.2 Å². The second-order valence-corrected chi connectivity index (χ2v) is 3.67. The first kappa shape index (κ1) is 30.7. The summed E-state index contributed by atoms with van der Waals surface area (Å²) in [4.78, 5) is 0. The summed E-state index contributed by atoms with van der Waals surface area (Å²) in [6.45, 7) is 0. The summed E-state index contributed by atoms with van der Waals surface area (Å²) in [5, 5.41) is 0. The van der Waals surface area contributed by atoms with Crippen LogP contribution in [-0.2, 0) is 70.2 Å². The predicted octanol–water partition coefficient (Wildman–Crippen LogP) is -4.02. The van der Waals surface area contributed by atoms with Crippen LogP contribution < -0.4 is 0 Å². The van der Waals surface area contributed by atoms with Crippen molar-refractivity contribution in [1.82, 2.24) is 0 Å². The van der Waals surface area contributed by atoms with Crippen LogP contribution in [0.25, 0.3) is 0 Å². The van der Waals surface area contributed by atoms with Gasteiger partial charge in [0.1, 0.15) is 0 Å². The Balaban J connectivity index is -0.0000000400. The number of hydrogen-bond acceptors (Lipinski definition) is 12. The maximum Gasteiger partial charge on any atom is 2.00 e. The predicted molar refractivity (Wildman–Crippen MR) is 31.4 cm³/mol. The third kappa shape index (κ3) is 5070. The zero-order valence-electron chi connectivity index (χ0n) is 6.79. The van der Waals surface area contributed by atoms with E-state index in [1.165, 1.54) is 0 Å². The minimum atomic E-state index is -5.17. The maximum atomic E-state index is 8.52. The topological polar surface area (TPSA) is 241 Å². The van der Waals surface area contributed by atoms with E-state index in [9.17, 15) is 0 Å². The van der Waals surface area contributed by atoms with E-state index >= 15 is 0 Å². The first-order valence-electron chi connectivity index (χ1n) is 2.00. The molecule has 0 atom stereocenters. The fraction of sp³-hybridized carbons (Fsp3) is 0. The molecular formula is O12Rh2S3-2. The molecule has 0 N–H and O–H groups in total. The second kappa shape index (κ2) is 11.9. The van der Waals surface area contributed by atoms with E-state index in [2.05, 4.69) is 0 Å². The minimum Gasteiger partial charge on any atom is -0.759 e. The quantitative estimate of drug-likeness (QED) is 0.178. The van der Waals surface area contributed by atoms with Crippen molar-refractivity contribution in [1.29, 1.82) is 0 Å². The molecule has 0 saturated carbocycles. The van der Waals surface area contributed by atoms with Crippen LogP contribution in [0, 0.1) is 0 Å². The summed E-state index contributed by atoms with van der Waals surface area (Å²) < 4.78 is 102. The minimum absolute atomic E-state index is 0.